The number of fused-ring (bicyclic) bond motifs is 1. The molecule has 1 aliphatic heterocycles. The summed E-state index contributed by atoms with van der Waals surface area (Å²) in [6.07, 6.45) is 1.71. The maximum atomic E-state index is 12.8. The molecule has 1 aromatic heterocycles. The number of carbonyl (C=O) groups is 3. The van der Waals surface area contributed by atoms with Crippen molar-refractivity contribution in [3.63, 3.8) is 0 Å². The van der Waals surface area contributed by atoms with Crippen molar-refractivity contribution in [2.75, 3.05) is 13.6 Å². The first-order valence-corrected chi connectivity index (χ1v) is 9.74. The molecule has 3 rings (SSSR count). The topological polar surface area (TPSA) is 82.9 Å². The monoisotopic (exact) mass is 385 g/mol. The highest BCUT2D eigenvalue weighted by atomic mass is 16.3. The number of amides is 4. The highest BCUT2D eigenvalue weighted by Crippen LogP contribution is 2.28. The second kappa shape index (κ2) is 7.66. The van der Waals surface area contributed by atoms with Crippen molar-refractivity contribution >= 4 is 28.8 Å². The van der Waals surface area contributed by atoms with Crippen LogP contribution >= 0.6 is 0 Å². The van der Waals surface area contributed by atoms with Crippen molar-refractivity contribution in [1.29, 1.82) is 0 Å². The summed E-state index contributed by atoms with van der Waals surface area (Å²) in [6.45, 7) is 5.81. The Kier molecular flexibility index (Phi) is 5.45. The second-order valence-corrected chi connectivity index (χ2v) is 7.21. The fraction of sp³-hybridized carbons (Fsp3) is 0.476. The van der Waals surface area contributed by atoms with Gasteiger partial charge in [0.05, 0.1) is 0 Å². The van der Waals surface area contributed by atoms with Crippen LogP contribution in [0, 0.1) is 0 Å². The minimum absolute atomic E-state index is 0.264. The third-order valence-corrected chi connectivity index (χ3v) is 5.67. The Balaban J connectivity index is 1.76. The van der Waals surface area contributed by atoms with E-state index in [1.54, 1.807) is 7.05 Å². The van der Waals surface area contributed by atoms with Gasteiger partial charge in [0.2, 0.25) is 5.91 Å². The lowest BCUT2D eigenvalue weighted by Gasteiger charge is -2.24. The molecule has 1 N–H and O–H groups in total. The van der Waals surface area contributed by atoms with Gasteiger partial charge >= 0.3 is 6.03 Å². The number of furan rings is 1. The van der Waals surface area contributed by atoms with Crippen LogP contribution < -0.4 is 5.32 Å². The molecule has 0 radical (unpaired) electrons. The zero-order valence-electron chi connectivity index (χ0n) is 16.9. The van der Waals surface area contributed by atoms with Gasteiger partial charge in [-0.05, 0) is 18.9 Å². The highest BCUT2D eigenvalue weighted by molar-refractivity contribution is 6.09. The Morgan fingerprint density at radius 1 is 1.18 bits per heavy atom. The first-order valence-electron chi connectivity index (χ1n) is 9.74. The van der Waals surface area contributed by atoms with Crippen LogP contribution in [0.3, 0.4) is 0 Å². The van der Waals surface area contributed by atoms with Gasteiger partial charge in [0.15, 0.2) is 0 Å². The zero-order chi connectivity index (χ0) is 20.5. The molecule has 0 atom stereocenters. The first-order chi connectivity index (χ1) is 13.4. The Morgan fingerprint density at radius 3 is 2.46 bits per heavy atom. The summed E-state index contributed by atoms with van der Waals surface area (Å²) in [5.74, 6) is 0.220. The van der Waals surface area contributed by atoms with Gasteiger partial charge in [-0.3, -0.25) is 14.5 Å². The SMILES string of the molecule is CCc1oc2ccccc2c1CN(C)C(=O)CN1C(=O)NC(CC)(CC)C1=O. The van der Waals surface area contributed by atoms with E-state index in [0.29, 0.717) is 25.8 Å². The van der Waals surface area contributed by atoms with E-state index in [1.165, 1.54) is 4.90 Å². The van der Waals surface area contributed by atoms with Gasteiger partial charge in [-0.25, -0.2) is 4.79 Å². The minimum atomic E-state index is -0.897. The normalized spacial score (nSPS) is 15.9. The van der Waals surface area contributed by atoms with E-state index in [0.717, 1.165) is 27.2 Å². The van der Waals surface area contributed by atoms with Gasteiger partial charge < -0.3 is 14.6 Å². The summed E-state index contributed by atoms with van der Waals surface area (Å²) in [5, 5.41) is 3.73. The summed E-state index contributed by atoms with van der Waals surface area (Å²) >= 11 is 0. The number of rotatable bonds is 7. The van der Waals surface area contributed by atoms with E-state index in [1.807, 2.05) is 45.0 Å². The van der Waals surface area contributed by atoms with Crippen molar-refractivity contribution in [2.45, 2.75) is 52.1 Å². The molecule has 7 nitrogen and oxygen atoms in total. The van der Waals surface area contributed by atoms with Crippen LogP contribution in [-0.4, -0.2) is 46.8 Å². The van der Waals surface area contributed by atoms with E-state index in [9.17, 15) is 14.4 Å². The summed E-state index contributed by atoms with van der Waals surface area (Å²) in [4.78, 5) is 40.3. The number of hydrogen-bond acceptors (Lipinski definition) is 4. The van der Waals surface area contributed by atoms with Gasteiger partial charge in [0, 0.05) is 31.0 Å². The fourth-order valence-corrected chi connectivity index (χ4v) is 3.74. The number of para-hydroxylation sites is 1. The Morgan fingerprint density at radius 2 is 1.86 bits per heavy atom. The third-order valence-electron chi connectivity index (χ3n) is 5.67. The van der Waals surface area contributed by atoms with Gasteiger partial charge in [0.1, 0.15) is 23.4 Å². The van der Waals surface area contributed by atoms with E-state index in [-0.39, 0.29) is 18.4 Å². The lowest BCUT2D eigenvalue weighted by molar-refractivity contribution is -0.138. The molecule has 28 heavy (non-hydrogen) atoms. The number of aryl methyl sites for hydroxylation is 1. The van der Waals surface area contributed by atoms with Gasteiger partial charge in [-0.1, -0.05) is 39.0 Å². The fourth-order valence-electron chi connectivity index (χ4n) is 3.74. The lowest BCUT2D eigenvalue weighted by Crippen LogP contribution is -2.46. The van der Waals surface area contributed by atoms with Crippen molar-refractivity contribution in [2.24, 2.45) is 0 Å². The number of urea groups is 1. The predicted molar refractivity (Wildman–Crippen MR) is 106 cm³/mol. The number of hydrogen-bond donors (Lipinski definition) is 1. The van der Waals surface area contributed by atoms with Gasteiger partial charge in [-0.2, -0.15) is 0 Å². The average molecular weight is 385 g/mol. The maximum absolute atomic E-state index is 12.8. The van der Waals surface area contributed by atoms with Crippen LogP contribution in [-0.2, 0) is 22.6 Å². The molecule has 1 fully saturated rings. The molecule has 1 aliphatic rings. The van der Waals surface area contributed by atoms with Gasteiger partial charge in [-0.15, -0.1) is 0 Å². The van der Waals surface area contributed by atoms with Crippen LogP contribution in [0.4, 0.5) is 4.79 Å². The third kappa shape index (κ3) is 3.25. The second-order valence-electron chi connectivity index (χ2n) is 7.21. The molecular weight excluding hydrogens is 358 g/mol. The smallest absolute Gasteiger partial charge is 0.325 e. The van der Waals surface area contributed by atoms with Crippen molar-refractivity contribution in [3.05, 3.63) is 35.6 Å². The molecule has 0 bridgehead atoms. The number of nitrogens with zero attached hydrogens (tertiary/aromatic N) is 2. The molecule has 2 heterocycles. The van der Waals surface area contributed by atoms with E-state index in [2.05, 4.69) is 5.32 Å². The molecule has 4 amide bonds. The number of nitrogens with one attached hydrogen (secondary N) is 1. The first kappa shape index (κ1) is 19.9. The maximum Gasteiger partial charge on any atom is 0.325 e. The van der Waals surface area contributed by atoms with E-state index < -0.39 is 11.6 Å². The summed E-state index contributed by atoms with van der Waals surface area (Å²) in [6, 6.07) is 7.22. The van der Waals surface area contributed by atoms with Crippen LogP contribution in [0.25, 0.3) is 11.0 Å². The Hall–Kier alpha value is -2.83. The number of likely N-dealkylation sites (N-methyl/N-ethyl adjacent to an activating group) is 1. The average Bonchev–Trinajstić information content (AvgIpc) is 3.17. The molecule has 0 spiro atoms. The Labute approximate surface area is 164 Å². The predicted octanol–water partition coefficient (Wildman–Crippen LogP) is 3.06. The quantitative estimate of drug-likeness (QED) is 0.743. The highest BCUT2D eigenvalue weighted by Gasteiger charge is 2.49. The van der Waals surface area contributed by atoms with Crippen LogP contribution in [0.15, 0.2) is 28.7 Å². The molecule has 1 aromatic carbocycles. The summed E-state index contributed by atoms with van der Waals surface area (Å²) in [7, 11) is 1.68. The molecule has 0 saturated carbocycles. The lowest BCUT2D eigenvalue weighted by atomic mass is 9.93. The van der Waals surface area contributed by atoms with Crippen LogP contribution in [0.1, 0.15) is 44.9 Å². The summed E-state index contributed by atoms with van der Waals surface area (Å²) < 4.78 is 5.89. The van der Waals surface area contributed by atoms with Crippen molar-refractivity contribution in [1.82, 2.24) is 15.1 Å². The summed E-state index contributed by atoms with van der Waals surface area (Å²) in [5.41, 5.74) is 0.856. The van der Waals surface area contributed by atoms with Crippen molar-refractivity contribution in [3.8, 4) is 0 Å². The molecule has 7 heteroatoms. The standard InChI is InChI=1S/C21H27N3O4/c1-5-16-15(14-10-8-9-11-17(14)28-16)12-23(4)18(25)13-24-19(26)21(6-2,7-3)22-20(24)27/h8-11H,5-7,12-13H2,1-4H3,(H,22,27). The van der Waals surface area contributed by atoms with Crippen LogP contribution in [0.5, 0.6) is 0 Å². The molecule has 2 aromatic rings. The van der Waals surface area contributed by atoms with Crippen molar-refractivity contribution < 1.29 is 18.8 Å². The van der Waals surface area contributed by atoms with Gasteiger partial charge in [0.25, 0.3) is 5.91 Å². The molecule has 0 unspecified atom stereocenters. The number of benzene rings is 1. The minimum Gasteiger partial charge on any atom is -0.461 e. The molecule has 0 aliphatic carbocycles. The van der Waals surface area contributed by atoms with E-state index >= 15 is 0 Å². The Bertz CT molecular complexity index is 914. The largest absolute Gasteiger partial charge is 0.461 e. The zero-order valence-corrected chi connectivity index (χ0v) is 16.9. The molecule has 150 valence electrons. The molecule has 1 saturated heterocycles. The number of carbonyl (C=O) groups excluding carboxylic acids is 3. The molecular formula is C21H27N3O4. The van der Waals surface area contributed by atoms with E-state index in [4.69, 9.17) is 4.42 Å². The van der Waals surface area contributed by atoms with Crippen LogP contribution in [0.2, 0.25) is 0 Å². The number of imide groups is 1.